The quantitative estimate of drug-likeness (QED) is 0.854. The van der Waals surface area contributed by atoms with Crippen molar-refractivity contribution in [3.63, 3.8) is 0 Å². The monoisotopic (exact) mass is 347 g/mol. The number of nitrogens with zero attached hydrogens (tertiary/aromatic N) is 3. The minimum atomic E-state index is -0.171. The van der Waals surface area contributed by atoms with Gasteiger partial charge in [-0.05, 0) is 19.4 Å². The SMILES string of the molecule is C[C@H]1CO[C@@H](c2ccccc2Cl)CN1C(=O)CCc1cncn1C. The molecule has 5 nitrogen and oxygen atoms in total. The molecule has 0 radical (unpaired) electrons. The van der Waals surface area contributed by atoms with E-state index in [-0.39, 0.29) is 18.1 Å². The molecule has 0 unspecified atom stereocenters. The highest BCUT2D eigenvalue weighted by Crippen LogP contribution is 2.30. The summed E-state index contributed by atoms with van der Waals surface area (Å²) in [5.74, 6) is 0.143. The van der Waals surface area contributed by atoms with Crippen LogP contribution in [0.1, 0.15) is 30.7 Å². The van der Waals surface area contributed by atoms with Gasteiger partial charge in [-0.3, -0.25) is 4.79 Å². The van der Waals surface area contributed by atoms with Crippen molar-refractivity contribution in [2.24, 2.45) is 7.05 Å². The molecule has 1 aromatic heterocycles. The van der Waals surface area contributed by atoms with Crippen LogP contribution in [0.2, 0.25) is 5.02 Å². The third-order valence-electron chi connectivity index (χ3n) is 4.52. The van der Waals surface area contributed by atoms with Crippen LogP contribution >= 0.6 is 11.6 Å². The van der Waals surface area contributed by atoms with Gasteiger partial charge in [0.25, 0.3) is 0 Å². The van der Waals surface area contributed by atoms with Gasteiger partial charge in [-0.15, -0.1) is 0 Å². The van der Waals surface area contributed by atoms with Crippen LogP contribution in [-0.2, 0) is 23.0 Å². The fourth-order valence-electron chi connectivity index (χ4n) is 3.03. The van der Waals surface area contributed by atoms with E-state index in [1.54, 1.807) is 6.33 Å². The number of hydrogen-bond donors (Lipinski definition) is 0. The number of carbonyl (C=O) groups is 1. The molecule has 1 aliphatic heterocycles. The maximum absolute atomic E-state index is 12.7. The van der Waals surface area contributed by atoms with Crippen molar-refractivity contribution >= 4 is 17.5 Å². The number of aryl methyl sites for hydroxylation is 2. The highest BCUT2D eigenvalue weighted by atomic mass is 35.5. The van der Waals surface area contributed by atoms with Crippen LogP contribution in [0.3, 0.4) is 0 Å². The Bertz CT molecular complexity index is 716. The zero-order valence-electron chi connectivity index (χ0n) is 14.0. The number of halogens is 1. The summed E-state index contributed by atoms with van der Waals surface area (Å²) >= 11 is 6.27. The number of imidazole rings is 1. The van der Waals surface area contributed by atoms with E-state index in [0.29, 0.717) is 31.0 Å². The normalized spacial score (nSPS) is 21.0. The van der Waals surface area contributed by atoms with Crippen molar-refractivity contribution in [2.45, 2.75) is 31.9 Å². The molecule has 1 aromatic carbocycles. The van der Waals surface area contributed by atoms with E-state index in [1.165, 1.54) is 0 Å². The van der Waals surface area contributed by atoms with Crippen molar-refractivity contribution in [1.29, 1.82) is 0 Å². The molecule has 1 fully saturated rings. The second kappa shape index (κ2) is 7.36. The molecule has 0 N–H and O–H groups in total. The van der Waals surface area contributed by atoms with E-state index >= 15 is 0 Å². The molecule has 3 rings (SSSR count). The highest BCUT2D eigenvalue weighted by Gasteiger charge is 2.31. The van der Waals surface area contributed by atoms with Crippen LogP contribution in [0.25, 0.3) is 0 Å². The molecule has 0 aliphatic carbocycles. The minimum Gasteiger partial charge on any atom is -0.369 e. The number of morpholine rings is 1. The van der Waals surface area contributed by atoms with E-state index < -0.39 is 0 Å². The Kier molecular flexibility index (Phi) is 5.21. The first kappa shape index (κ1) is 17.0. The lowest BCUT2D eigenvalue weighted by atomic mass is 10.1. The number of aromatic nitrogens is 2. The summed E-state index contributed by atoms with van der Waals surface area (Å²) < 4.78 is 7.86. The fourth-order valence-corrected chi connectivity index (χ4v) is 3.29. The number of carbonyl (C=O) groups excluding carboxylic acids is 1. The topological polar surface area (TPSA) is 47.4 Å². The van der Waals surface area contributed by atoms with Crippen LogP contribution in [0, 0.1) is 0 Å². The Morgan fingerprint density at radius 3 is 2.92 bits per heavy atom. The Morgan fingerprint density at radius 1 is 1.42 bits per heavy atom. The van der Waals surface area contributed by atoms with Gasteiger partial charge in [0.05, 0.1) is 25.5 Å². The van der Waals surface area contributed by atoms with Crippen LogP contribution in [0.4, 0.5) is 0 Å². The van der Waals surface area contributed by atoms with Gasteiger partial charge in [0.15, 0.2) is 0 Å². The van der Waals surface area contributed by atoms with Gasteiger partial charge in [-0.25, -0.2) is 4.98 Å². The number of benzene rings is 1. The molecule has 6 heteroatoms. The molecule has 1 saturated heterocycles. The highest BCUT2D eigenvalue weighted by molar-refractivity contribution is 6.31. The van der Waals surface area contributed by atoms with Gasteiger partial charge in [0.1, 0.15) is 6.10 Å². The Morgan fingerprint density at radius 2 is 2.21 bits per heavy atom. The molecule has 1 aliphatic rings. The van der Waals surface area contributed by atoms with Crippen molar-refractivity contribution in [2.75, 3.05) is 13.2 Å². The smallest absolute Gasteiger partial charge is 0.223 e. The Hall–Kier alpha value is -1.85. The van der Waals surface area contributed by atoms with E-state index in [0.717, 1.165) is 11.3 Å². The average Bonchev–Trinajstić information content (AvgIpc) is 2.99. The molecule has 0 saturated carbocycles. The summed E-state index contributed by atoms with van der Waals surface area (Å²) in [6, 6.07) is 7.72. The minimum absolute atomic E-state index is 0.0720. The summed E-state index contributed by atoms with van der Waals surface area (Å²) in [7, 11) is 1.94. The lowest BCUT2D eigenvalue weighted by Gasteiger charge is -2.38. The van der Waals surface area contributed by atoms with Crippen LogP contribution in [-0.4, -0.2) is 39.6 Å². The van der Waals surface area contributed by atoms with Gasteiger partial charge >= 0.3 is 0 Å². The molecule has 1 amide bonds. The van der Waals surface area contributed by atoms with Crippen LogP contribution in [0.15, 0.2) is 36.8 Å². The van der Waals surface area contributed by atoms with Crippen molar-refractivity contribution in [3.05, 3.63) is 53.1 Å². The second-order valence-corrected chi connectivity index (χ2v) is 6.64. The van der Waals surface area contributed by atoms with Crippen molar-refractivity contribution in [3.8, 4) is 0 Å². The number of amides is 1. The van der Waals surface area contributed by atoms with Crippen molar-refractivity contribution < 1.29 is 9.53 Å². The zero-order valence-corrected chi connectivity index (χ0v) is 14.7. The first-order valence-electron chi connectivity index (χ1n) is 8.17. The summed E-state index contributed by atoms with van der Waals surface area (Å²) in [4.78, 5) is 18.7. The third kappa shape index (κ3) is 3.62. The van der Waals surface area contributed by atoms with Gasteiger partial charge < -0.3 is 14.2 Å². The molecule has 0 spiro atoms. The first-order chi connectivity index (χ1) is 11.6. The van der Waals surface area contributed by atoms with Crippen LogP contribution in [0.5, 0.6) is 0 Å². The van der Waals surface area contributed by atoms with E-state index in [4.69, 9.17) is 16.3 Å². The first-order valence-corrected chi connectivity index (χ1v) is 8.54. The Balaban J connectivity index is 1.66. The molecule has 2 heterocycles. The largest absolute Gasteiger partial charge is 0.369 e. The zero-order chi connectivity index (χ0) is 17.1. The van der Waals surface area contributed by atoms with Crippen LogP contribution < -0.4 is 0 Å². The molecular weight excluding hydrogens is 326 g/mol. The summed E-state index contributed by atoms with van der Waals surface area (Å²) in [6.45, 7) is 3.08. The fraction of sp³-hybridized carbons (Fsp3) is 0.444. The maximum atomic E-state index is 12.7. The van der Waals surface area contributed by atoms with Gasteiger partial charge in [0.2, 0.25) is 5.91 Å². The molecule has 128 valence electrons. The van der Waals surface area contributed by atoms with E-state index in [2.05, 4.69) is 4.98 Å². The summed E-state index contributed by atoms with van der Waals surface area (Å²) in [5.41, 5.74) is 2.00. The number of ether oxygens (including phenoxy) is 1. The third-order valence-corrected chi connectivity index (χ3v) is 4.86. The molecule has 2 aromatic rings. The number of hydrogen-bond acceptors (Lipinski definition) is 3. The summed E-state index contributed by atoms with van der Waals surface area (Å²) in [5, 5.41) is 0.680. The van der Waals surface area contributed by atoms with E-state index in [1.807, 2.05) is 53.9 Å². The molecular formula is C18H22ClN3O2. The maximum Gasteiger partial charge on any atom is 0.223 e. The van der Waals surface area contributed by atoms with Crippen molar-refractivity contribution in [1.82, 2.24) is 14.5 Å². The predicted octanol–water partition coefficient (Wildman–Crippen LogP) is 2.99. The standard InChI is InChI=1S/C18H22ClN3O2/c1-13-11-24-17(15-5-3-4-6-16(15)19)10-22(13)18(23)8-7-14-9-20-12-21(14)2/h3-6,9,12-13,17H,7-8,10-11H2,1-2H3/t13-,17+/m0/s1. The summed E-state index contributed by atoms with van der Waals surface area (Å²) in [6.07, 6.45) is 4.55. The number of rotatable bonds is 4. The predicted molar refractivity (Wildman–Crippen MR) is 92.8 cm³/mol. The Labute approximate surface area is 147 Å². The van der Waals surface area contributed by atoms with E-state index in [9.17, 15) is 4.79 Å². The lowest BCUT2D eigenvalue weighted by Crippen LogP contribution is -2.48. The van der Waals surface area contributed by atoms with Gasteiger partial charge in [-0.1, -0.05) is 29.8 Å². The molecule has 2 atom stereocenters. The second-order valence-electron chi connectivity index (χ2n) is 6.23. The molecule has 0 bridgehead atoms. The molecule has 24 heavy (non-hydrogen) atoms. The van der Waals surface area contributed by atoms with Gasteiger partial charge in [0, 0.05) is 35.9 Å². The van der Waals surface area contributed by atoms with Gasteiger partial charge in [-0.2, -0.15) is 0 Å². The average molecular weight is 348 g/mol. The lowest BCUT2D eigenvalue weighted by molar-refractivity contribution is -0.144.